The predicted octanol–water partition coefficient (Wildman–Crippen LogP) is 4.35. The number of halogens is 3. The van der Waals surface area contributed by atoms with E-state index in [1.807, 2.05) is 4.90 Å². The number of Topliss-reactive ketones (excluding diaryl/α,β-unsaturated/α-hetero) is 1. The van der Waals surface area contributed by atoms with E-state index in [4.69, 9.17) is 0 Å². The van der Waals surface area contributed by atoms with Crippen LogP contribution in [0, 0.1) is 0 Å². The highest BCUT2D eigenvalue weighted by atomic mass is 19.4. The van der Waals surface area contributed by atoms with E-state index in [1.165, 1.54) is 19.1 Å². The van der Waals surface area contributed by atoms with Crippen molar-refractivity contribution in [3.8, 4) is 11.4 Å². The minimum absolute atomic E-state index is 0.0210. The Morgan fingerprint density at radius 3 is 2.18 bits per heavy atom. The Labute approximate surface area is 186 Å². The molecule has 1 amide bonds. The fourth-order valence-electron chi connectivity index (χ4n) is 3.46. The molecular formula is C22H20F3N5O3. The summed E-state index contributed by atoms with van der Waals surface area (Å²) in [6.45, 7) is 2.85. The van der Waals surface area contributed by atoms with Crippen molar-refractivity contribution in [2.75, 3.05) is 18.4 Å². The number of benzene rings is 2. The van der Waals surface area contributed by atoms with E-state index in [-0.39, 0.29) is 29.0 Å². The number of carbonyl (C=O) groups excluding carboxylic acids is 2. The molecule has 1 saturated heterocycles. The molecule has 0 aliphatic carbocycles. The molecule has 2 aromatic carbocycles. The zero-order valence-electron chi connectivity index (χ0n) is 17.6. The second-order valence-corrected chi connectivity index (χ2v) is 7.49. The van der Waals surface area contributed by atoms with Gasteiger partial charge >= 0.3 is 6.36 Å². The van der Waals surface area contributed by atoms with Gasteiger partial charge in [0, 0.05) is 31.3 Å². The number of nitrogens with one attached hydrogen (secondary N) is 1. The van der Waals surface area contributed by atoms with Gasteiger partial charge in [-0.25, -0.2) is 0 Å². The molecule has 1 fully saturated rings. The second kappa shape index (κ2) is 8.93. The maximum atomic E-state index is 12.5. The number of likely N-dealkylation sites (tertiary alicyclic amines) is 1. The lowest BCUT2D eigenvalue weighted by Gasteiger charge is -2.15. The van der Waals surface area contributed by atoms with Gasteiger partial charge in [-0.15, -0.1) is 28.2 Å². The summed E-state index contributed by atoms with van der Waals surface area (Å²) < 4.78 is 40.9. The summed E-state index contributed by atoms with van der Waals surface area (Å²) in [6.07, 6.45) is -2.78. The maximum Gasteiger partial charge on any atom is 0.573 e. The van der Waals surface area contributed by atoms with E-state index in [1.54, 1.807) is 24.3 Å². The monoisotopic (exact) mass is 459 g/mol. The van der Waals surface area contributed by atoms with Crippen LogP contribution in [-0.4, -0.2) is 51.0 Å². The van der Waals surface area contributed by atoms with Gasteiger partial charge in [-0.1, -0.05) is 0 Å². The SMILES string of the molecule is CC(=O)c1nn(-c2ccc(OC(F)(F)F)cc2)nc1Nc1ccc(C(=O)N2CCCC2)cc1. The maximum absolute atomic E-state index is 12.5. The minimum atomic E-state index is -4.79. The quantitative estimate of drug-likeness (QED) is 0.552. The lowest BCUT2D eigenvalue weighted by Crippen LogP contribution is -2.27. The average molecular weight is 459 g/mol. The van der Waals surface area contributed by atoms with Crippen LogP contribution in [0.2, 0.25) is 0 Å². The minimum Gasteiger partial charge on any atom is -0.406 e. The normalized spacial score (nSPS) is 13.8. The molecule has 11 heteroatoms. The third kappa shape index (κ3) is 5.30. The van der Waals surface area contributed by atoms with E-state index in [0.717, 1.165) is 42.9 Å². The van der Waals surface area contributed by atoms with Crippen molar-refractivity contribution in [2.24, 2.45) is 0 Å². The molecule has 3 aromatic rings. The number of hydrogen-bond donors (Lipinski definition) is 1. The molecule has 1 N–H and O–H groups in total. The molecule has 0 saturated carbocycles. The van der Waals surface area contributed by atoms with Gasteiger partial charge in [0.05, 0.1) is 5.69 Å². The highest BCUT2D eigenvalue weighted by molar-refractivity contribution is 5.97. The fraction of sp³-hybridized carbons (Fsp3) is 0.273. The molecule has 0 unspecified atom stereocenters. The number of aromatic nitrogens is 3. The van der Waals surface area contributed by atoms with E-state index in [9.17, 15) is 22.8 Å². The van der Waals surface area contributed by atoms with Crippen molar-refractivity contribution in [1.29, 1.82) is 0 Å². The van der Waals surface area contributed by atoms with E-state index >= 15 is 0 Å². The van der Waals surface area contributed by atoms with Crippen molar-refractivity contribution >= 4 is 23.2 Å². The summed E-state index contributed by atoms with van der Waals surface area (Å²) in [7, 11) is 0. The van der Waals surface area contributed by atoms with Crippen LogP contribution in [-0.2, 0) is 0 Å². The van der Waals surface area contributed by atoms with Gasteiger partial charge in [-0.05, 0) is 61.4 Å². The molecule has 0 spiro atoms. The third-order valence-corrected chi connectivity index (χ3v) is 5.04. The first-order valence-electron chi connectivity index (χ1n) is 10.2. The first-order valence-corrected chi connectivity index (χ1v) is 10.2. The predicted molar refractivity (Wildman–Crippen MR) is 113 cm³/mol. The molecule has 33 heavy (non-hydrogen) atoms. The Morgan fingerprint density at radius 2 is 1.61 bits per heavy atom. The largest absolute Gasteiger partial charge is 0.573 e. The summed E-state index contributed by atoms with van der Waals surface area (Å²) in [6, 6.07) is 11.7. The highest BCUT2D eigenvalue weighted by Crippen LogP contribution is 2.25. The van der Waals surface area contributed by atoms with Gasteiger partial charge in [0.1, 0.15) is 5.75 Å². The van der Waals surface area contributed by atoms with E-state index in [0.29, 0.717) is 16.9 Å². The molecule has 2 heterocycles. The van der Waals surface area contributed by atoms with Gasteiger partial charge in [0.15, 0.2) is 17.3 Å². The Hall–Kier alpha value is -3.89. The average Bonchev–Trinajstić information content (AvgIpc) is 3.44. The van der Waals surface area contributed by atoms with Crippen LogP contribution < -0.4 is 10.1 Å². The summed E-state index contributed by atoms with van der Waals surface area (Å²) in [5.41, 5.74) is 1.56. The summed E-state index contributed by atoms with van der Waals surface area (Å²) in [5.74, 6) is -0.571. The van der Waals surface area contributed by atoms with E-state index in [2.05, 4.69) is 20.3 Å². The highest BCUT2D eigenvalue weighted by Gasteiger charge is 2.31. The smallest absolute Gasteiger partial charge is 0.406 e. The van der Waals surface area contributed by atoms with Crippen LogP contribution in [0.15, 0.2) is 48.5 Å². The van der Waals surface area contributed by atoms with Gasteiger partial charge in [0.2, 0.25) is 0 Å². The number of hydrogen-bond acceptors (Lipinski definition) is 6. The summed E-state index contributed by atoms with van der Waals surface area (Å²) in [4.78, 5) is 27.5. The number of nitrogens with zero attached hydrogens (tertiary/aromatic N) is 4. The number of rotatable bonds is 6. The molecule has 0 radical (unpaired) electrons. The number of amides is 1. The number of ketones is 1. The van der Waals surface area contributed by atoms with Crippen LogP contribution in [0.25, 0.3) is 5.69 Å². The summed E-state index contributed by atoms with van der Waals surface area (Å²) in [5, 5.41) is 11.4. The molecule has 1 aliphatic heterocycles. The van der Waals surface area contributed by atoms with Crippen LogP contribution in [0.1, 0.15) is 40.6 Å². The zero-order chi connectivity index (χ0) is 23.6. The Balaban J connectivity index is 1.52. The van der Waals surface area contributed by atoms with Crippen LogP contribution >= 0.6 is 0 Å². The molecule has 8 nitrogen and oxygen atoms in total. The number of anilines is 2. The standard InChI is InChI=1S/C22H20F3N5O3/c1-14(31)19-20(26-16-6-4-15(5-7-16)21(32)29-12-2-3-13-29)28-30(27-19)17-8-10-18(11-9-17)33-22(23,24)25/h4-11H,2-3,12-13H2,1H3,(H,26,28). The molecule has 172 valence electrons. The summed E-state index contributed by atoms with van der Waals surface area (Å²) >= 11 is 0. The first kappa shape index (κ1) is 22.3. The number of ether oxygens (including phenoxy) is 1. The van der Waals surface area contributed by atoms with Gasteiger partial charge < -0.3 is 15.0 Å². The van der Waals surface area contributed by atoms with Gasteiger partial charge in [-0.3, -0.25) is 9.59 Å². The molecular weight excluding hydrogens is 439 g/mol. The Kier molecular flexibility index (Phi) is 6.03. The van der Waals surface area contributed by atoms with E-state index < -0.39 is 6.36 Å². The molecule has 0 atom stereocenters. The van der Waals surface area contributed by atoms with Crippen molar-refractivity contribution in [2.45, 2.75) is 26.1 Å². The Bertz CT molecular complexity index is 1150. The number of alkyl halides is 3. The Morgan fingerprint density at radius 1 is 0.970 bits per heavy atom. The second-order valence-electron chi connectivity index (χ2n) is 7.49. The van der Waals surface area contributed by atoms with Crippen molar-refractivity contribution in [3.63, 3.8) is 0 Å². The lowest BCUT2D eigenvalue weighted by atomic mass is 10.2. The van der Waals surface area contributed by atoms with Gasteiger partial charge in [-0.2, -0.15) is 0 Å². The first-order chi connectivity index (χ1) is 15.7. The number of carbonyl (C=O) groups is 2. The third-order valence-electron chi connectivity index (χ3n) is 5.04. The van der Waals surface area contributed by atoms with Crippen LogP contribution in [0.4, 0.5) is 24.7 Å². The van der Waals surface area contributed by atoms with Crippen molar-refractivity contribution in [1.82, 2.24) is 19.9 Å². The fourth-order valence-corrected chi connectivity index (χ4v) is 3.46. The van der Waals surface area contributed by atoms with Crippen LogP contribution in [0.5, 0.6) is 5.75 Å². The topological polar surface area (TPSA) is 89.4 Å². The zero-order valence-corrected chi connectivity index (χ0v) is 17.6. The molecule has 1 aliphatic rings. The van der Waals surface area contributed by atoms with Crippen molar-refractivity contribution < 1.29 is 27.5 Å². The molecule has 4 rings (SSSR count). The van der Waals surface area contributed by atoms with Crippen LogP contribution in [0.3, 0.4) is 0 Å². The molecule has 0 bridgehead atoms. The van der Waals surface area contributed by atoms with Gasteiger partial charge in [0.25, 0.3) is 5.91 Å². The lowest BCUT2D eigenvalue weighted by molar-refractivity contribution is -0.274. The molecule has 1 aromatic heterocycles. The van der Waals surface area contributed by atoms with Crippen molar-refractivity contribution in [3.05, 3.63) is 59.8 Å².